The molecule has 2 heterocycles. The summed E-state index contributed by atoms with van der Waals surface area (Å²) in [6, 6.07) is 25.6. The lowest BCUT2D eigenvalue weighted by Gasteiger charge is -2.29. The van der Waals surface area contributed by atoms with Crippen molar-refractivity contribution in [3.05, 3.63) is 90.1 Å². The number of anilines is 1. The maximum atomic E-state index is 5.90. The Bertz CT molecular complexity index is 1630. The van der Waals surface area contributed by atoms with Crippen LogP contribution in [0.15, 0.2) is 79.0 Å². The molecular weight excluding hydrogens is 536 g/mol. The third kappa shape index (κ3) is 6.42. The van der Waals surface area contributed by atoms with Gasteiger partial charge < -0.3 is 28.6 Å². The lowest BCUT2D eigenvalue weighted by molar-refractivity contribution is 0.308. The predicted octanol–water partition coefficient (Wildman–Crippen LogP) is 7.20. The molecule has 0 aliphatic heterocycles. The quantitative estimate of drug-likeness (QED) is 0.131. The van der Waals surface area contributed by atoms with E-state index in [2.05, 4.69) is 94.9 Å². The van der Waals surface area contributed by atoms with Gasteiger partial charge in [0.05, 0.1) is 26.8 Å². The molecule has 0 amide bonds. The van der Waals surface area contributed by atoms with Crippen LogP contribution in [0.25, 0.3) is 21.8 Å². The Kier molecular flexibility index (Phi) is 10.1. The highest BCUT2D eigenvalue weighted by atomic mass is 16.5. The van der Waals surface area contributed by atoms with Gasteiger partial charge in [0.2, 0.25) is 5.75 Å². The lowest BCUT2D eigenvalue weighted by Crippen LogP contribution is -2.35. The Morgan fingerprint density at radius 1 is 0.744 bits per heavy atom. The smallest absolute Gasteiger partial charge is 0.203 e. The maximum absolute atomic E-state index is 5.90. The van der Waals surface area contributed by atoms with Crippen LogP contribution < -0.4 is 19.1 Å². The number of nitrogens with zero attached hydrogens (tertiary/aromatic N) is 4. The molecule has 0 aliphatic carbocycles. The third-order valence-corrected chi connectivity index (χ3v) is 8.38. The highest BCUT2D eigenvalue weighted by Crippen LogP contribution is 2.41. The summed E-state index contributed by atoms with van der Waals surface area (Å²) in [4.78, 5) is 9.93. The minimum atomic E-state index is 0.604. The fourth-order valence-electron chi connectivity index (χ4n) is 6.09. The lowest BCUT2D eigenvalue weighted by atomic mass is 10.1. The number of rotatable bonds is 15. The first-order chi connectivity index (χ1) is 21.1. The van der Waals surface area contributed by atoms with Crippen molar-refractivity contribution < 1.29 is 14.2 Å². The molecule has 7 heteroatoms. The van der Waals surface area contributed by atoms with Crippen LogP contribution in [0.4, 0.5) is 5.82 Å². The number of likely N-dealkylation sites (N-methyl/N-ethyl adjacent to an activating group) is 1. The molecule has 2 aromatic heterocycles. The highest BCUT2D eigenvalue weighted by Gasteiger charge is 2.23. The molecular formula is C36H44N4O3. The maximum Gasteiger partial charge on any atom is 0.203 e. The zero-order valence-corrected chi connectivity index (χ0v) is 26.2. The first-order valence-electron chi connectivity index (χ1n) is 15.3. The van der Waals surface area contributed by atoms with Crippen LogP contribution >= 0.6 is 0 Å². The van der Waals surface area contributed by atoms with Crippen LogP contribution in [0.2, 0.25) is 0 Å². The van der Waals surface area contributed by atoms with E-state index in [4.69, 9.17) is 19.2 Å². The number of aromatic nitrogens is 2. The molecule has 0 aliphatic rings. The number of benzene rings is 3. The standard InChI is InChI=1S/C36H44N4O3/c1-6-38(7-2)24-25-39(26-28-19-20-32(41-3)35(43-5)34(28)42-4)36-33-30(21-22-37-36)29-17-11-12-18-31(29)40(33)23-13-16-27-14-9-8-10-15-27/h8-12,14-15,17-22H,6-7,13,16,23-26H2,1-5H3. The molecule has 0 radical (unpaired) electrons. The molecule has 5 aromatic rings. The molecule has 5 rings (SSSR count). The second-order valence-corrected chi connectivity index (χ2v) is 10.7. The molecule has 226 valence electrons. The Labute approximate surface area is 255 Å². The van der Waals surface area contributed by atoms with E-state index in [9.17, 15) is 0 Å². The van der Waals surface area contributed by atoms with Crippen molar-refractivity contribution in [2.45, 2.75) is 39.8 Å². The molecule has 0 fully saturated rings. The van der Waals surface area contributed by atoms with E-state index in [1.54, 1.807) is 21.3 Å². The molecule has 7 nitrogen and oxygen atoms in total. The van der Waals surface area contributed by atoms with E-state index >= 15 is 0 Å². The van der Waals surface area contributed by atoms with Crippen LogP contribution in [0, 0.1) is 0 Å². The van der Waals surface area contributed by atoms with Gasteiger partial charge in [-0.15, -0.1) is 0 Å². The Morgan fingerprint density at radius 3 is 2.21 bits per heavy atom. The van der Waals surface area contributed by atoms with Gasteiger partial charge in [0.25, 0.3) is 0 Å². The number of ether oxygens (including phenoxy) is 3. The molecule has 0 N–H and O–H groups in total. The molecule has 0 saturated heterocycles. The molecule has 0 saturated carbocycles. The topological polar surface area (TPSA) is 52.0 Å². The average Bonchev–Trinajstić information content (AvgIpc) is 3.38. The highest BCUT2D eigenvalue weighted by molar-refractivity contribution is 6.11. The SMILES string of the molecule is CCN(CC)CCN(Cc1ccc(OC)c(OC)c1OC)c1nccc2c3ccccc3n(CCCc3ccccc3)c12. The van der Waals surface area contributed by atoms with Crippen molar-refractivity contribution in [1.82, 2.24) is 14.5 Å². The fourth-order valence-corrected chi connectivity index (χ4v) is 6.09. The summed E-state index contributed by atoms with van der Waals surface area (Å²) in [6.45, 7) is 9.70. The van der Waals surface area contributed by atoms with Crippen LogP contribution in [0.1, 0.15) is 31.4 Å². The Hall–Kier alpha value is -4.23. The largest absolute Gasteiger partial charge is 0.493 e. The van der Waals surface area contributed by atoms with Gasteiger partial charge in [-0.05, 0) is 55.8 Å². The molecule has 0 atom stereocenters. The molecule has 0 unspecified atom stereocenters. The van der Waals surface area contributed by atoms with E-state index in [1.165, 1.54) is 27.4 Å². The normalized spacial score (nSPS) is 11.4. The van der Waals surface area contributed by atoms with Gasteiger partial charge >= 0.3 is 0 Å². The summed E-state index contributed by atoms with van der Waals surface area (Å²) in [5, 5.41) is 2.49. The fraction of sp³-hybridized carbons (Fsp3) is 0.361. The number of hydrogen-bond donors (Lipinski definition) is 0. The molecule has 3 aromatic carbocycles. The Balaban J connectivity index is 1.61. The third-order valence-electron chi connectivity index (χ3n) is 8.38. The first-order valence-corrected chi connectivity index (χ1v) is 15.3. The zero-order valence-electron chi connectivity index (χ0n) is 26.2. The van der Waals surface area contributed by atoms with Crippen molar-refractivity contribution in [2.75, 3.05) is 52.4 Å². The summed E-state index contributed by atoms with van der Waals surface area (Å²) in [5.74, 6) is 2.92. The van der Waals surface area contributed by atoms with E-state index in [0.29, 0.717) is 23.8 Å². The van der Waals surface area contributed by atoms with Crippen molar-refractivity contribution in [1.29, 1.82) is 0 Å². The van der Waals surface area contributed by atoms with Crippen molar-refractivity contribution >= 4 is 27.6 Å². The van der Waals surface area contributed by atoms with Crippen LogP contribution in [-0.4, -0.2) is 62.0 Å². The number of aryl methyl sites for hydroxylation is 2. The van der Waals surface area contributed by atoms with Gasteiger partial charge in [-0.1, -0.05) is 62.4 Å². The second kappa shape index (κ2) is 14.3. The van der Waals surface area contributed by atoms with E-state index in [-0.39, 0.29) is 0 Å². The summed E-state index contributed by atoms with van der Waals surface area (Å²) in [6.07, 6.45) is 4.02. The van der Waals surface area contributed by atoms with Crippen molar-refractivity contribution in [3.63, 3.8) is 0 Å². The van der Waals surface area contributed by atoms with Crippen LogP contribution in [0.5, 0.6) is 17.2 Å². The van der Waals surface area contributed by atoms with Crippen molar-refractivity contribution in [3.8, 4) is 17.2 Å². The molecule has 0 bridgehead atoms. The minimum Gasteiger partial charge on any atom is -0.493 e. The molecule has 0 spiro atoms. The number of methoxy groups -OCH3 is 3. The van der Waals surface area contributed by atoms with Gasteiger partial charge in [-0.2, -0.15) is 0 Å². The zero-order chi connectivity index (χ0) is 30.2. The summed E-state index contributed by atoms with van der Waals surface area (Å²) in [7, 11) is 4.98. The van der Waals surface area contributed by atoms with E-state index < -0.39 is 0 Å². The van der Waals surface area contributed by atoms with Gasteiger partial charge in [0.15, 0.2) is 17.3 Å². The number of fused-ring (bicyclic) bond motifs is 3. The molecule has 43 heavy (non-hydrogen) atoms. The van der Waals surface area contributed by atoms with E-state index in [1.807, 2.05) is 12.3 Å². The van der Waals surface area contributed by atoms with Crippen LogP contribution in [0.3, 0.4) is 0 Å². The average molecular weight is 581 g/mol. The summed E-state index contributed by atoms with van der Waals surface area (Å²) in [5.41, 5.74) is 4.80. The minimum absolute atomic E-state index is 0.604. The number of para-hydroxylation sites is 1. The Morgan fingerprint density at radius 2 is 1.49 bits per heavy atom. The second-order valence-electron chi connectivity index (χ2n) is 10.7. The van der Waals surface area contributed by atoms with Gasteiger partial charge in [0.1, 0.15) is 0 Å². The predicted molar refractivity (Wildman–Crippen MR) is 177 cm³/mol. The summed E-state index contributed by atoms with van der Waals surface area (Å²) >= 11 is 0. The van der Waals surface area contributed by atoms with E-state index in [0.717, 1.165) is 56.9 Å². The van der Waals surface area contributed by atoms with Crippen LogP contribution in [-0.2, 0) is 19.5 Å². The number of hydrogen-bond acceptors (Lipinski definition) is 6. The first kappa shape index (κ1) is 30.2. The number of pyridine rings is 1. The monoisotopic (exact) mass is 580 g/mol. The van der Waals surface area contributed by atoms with Gasteiger partial charge in [-0.25, -0.2) is 4.98 Å². The van der Waals surface area contributed by atoms with Gasteiger partial charge in [-0.3, -0.25) is 0 Å². The summed E-state index contributed by atoms with van der Waals surface area (Å²) < 4.78 is 19.7. The van der Waals surface area contributed by atoms with Gasteiger partial charge in [0, 0.05) is 54.2 Å². The van der Waals surface area contributed by atoms with Crippen molar-refractivity contribution in [2.24, 2.45) is 0 Å².